The maximum absolute atomic E-state index is 12.0. The number of carbonyl (C=O) groups excluding carboxylic acids is 2. The molecule has 0 fully saturated rings. The molecule has 1 heterocycles. The molecule has 6 heteroatoms. The third-order valence-corrected chi connectivity index (χ3v) is 4.32. The largest absolute Gasteiger partial charge is 0.326 e. The third kappa shape index (κ3) is 5.62. The minimum Gasteiger partial charge on any atom is -0.326 e. The van der Waals surface area contributed by atoms with Gasteiger partial charge in [0.2, 0.25) is 11.8 Å². The number of nitrogens with one attached hydrogen (secondary N) is 2. The van der Waals surface area contributed by atoms with Gasteiger partial charge in [0.05, 0.1) is 6.21 Å². The van der Waals surface area contributed by atoms with Crippen molar-refractivity contribution in [2.45, 2.75) is 33.6 Å². The zero-order chi connectivity index (χ0) is 17.5. The summed E-state index contributed by atoms with van der Waals surface area (Å²) in [5.41, 5.74) is 5.29. The average molecular weight is 343 g/mol. The highest BCUT2D eigenvalue weighted by Gasteiger charge is 2.08. The summed E-state index contributed by atoms with van der Waals surface area (Å²) in [5, 5.41) is 6.73. The molecule has 1 aromatic heterocycles. The van der Waals surface area contributed by atoms with Crippen LogP contribution in [0.3, 0.4) is 0 Å². The molecule has 0 atom stereocenters. The first-order valence-electron chi connectivity index (χ1n) is 7.69. The van der Waals surface area contributed by atoms with Gasteiger partial charge in [-0.25, -0.2) is 5.43 Å². The fraction of sp³-hybridized carbons (Fsp3) is 0.278. The van der Waals surface area contributed by atoms with Gasteiger partial charge in [-0.1, -0.05) is 12.1 Å². The lowest BCUT2D eigenvalue weighted by atomic mass is 10.1. The Kier molecular flexibility index (Phi) is 6.26. The molecule has 0 aliphatic carbocycles. The van der Waals surface area contributed by atoms with Crippen LogP contribution in [0.2, 0.25) is 0 Å². The summed E-state index contributed by atoms with van der Waals surface area (Å²) in [4.78, 5) is 25.8. The molecule has 24 heavy (non-hydrogen) atoms. The van der Waals surface area contributed by atoms with E-state index in [-0.39, 0.29) is 24.7 Å². The number of anilines is 1. The van der Waals surface area contributed by atoms with Crippen molar-refractivity contribution in [2.75, 3.05) is 5.32 Å². The Balaban J connectivity index is 1.75. The standard InChI is InChI=1S/C18H21N3O2S/c1-12-4-5-13(2)16(10-12)20-17(22)8-9-18(23)21-19-11-15-7-6-14(3)24-15/h4-7,10-11H,8-9H2,1-3H3,(H,20,22)(H,21,23)/b19-11+. The van der Waals surface area contributed by atoms with Crippen LogP contribution in [0.4, 0.5) is 5.69 Å². The smallest absolute Gasteiger partial charge is 0.240 e. The number of hydrogen-bond acceptors (Lipinski definition) is 4. The summed E-state index contributed by atoms with van der Waals surface area (Å²) in [6.07, 6.45) is 1.82. The number of benzene rings is 1. The van der Waals surface area contributed by atoms with E-state index >= 15 is 0 Å². The van der Waals surface area contributed by atoms with Gasteiger partial charge < -0.3 is 5.32 Å². The lowest BCUT2D eigenvalue weighted by Gasteiger charge is -2.09. The van der Waals surface area contributed by atoms with E-state index in [1.54, 1.807) is 17.6 Å². The quantitative estimate of drug-likeness (QED) is 0.622. The Labute approximate surface area is 145 Å². The molecule has 2 N–H and O–H groups in total. The predicted octanol–water partition coefficient (Wildman–Crippen LogP) is 3.54. The van der Waals surface area contributed by atoms with Gasteiger partial charge in [-0.2, -0.15) is 5.10 Å². The number of carbonyl (C=O) groups is 2. The molecule has 2 amide bonds. The molecule has 0 radical (unpaired) electrons. The van der Waals surface area contributed by atoms with Gasteiger partial charge in [0.1, 0.15) is 0 Å². The van der Waals surface area contributed by atoms with Crippen LogP contribution in [0, 0.1) is 20.8 Å². The minimum atomic E-state index is -0.282. The second kappa shape index (κ2) is 8.40. The van der Waals surface area contributed by atoms with Gasteiger partial charge in [-0.15, -0.1) is 11.3 Å². The van der Waals surface area contributed by atoms with E-state index in [0.717, 1.165) is 21.7 Å². The van der Waals surface area contributed by atoms with Gasteiger partial charge in [0, 0.05) is 28.3 Å². The predicted molar refractivity (Wildman–Crippen MR) is 98.6 cm³/mol. The van der Waals surface area contributed by atoms with E-state index < -0.39 is 0 Å². The topological polar surface area (TPSA) is 70.6 Å². The minimum absolute atomic E-state index is 0.0947. The number of hydrazone groups is 1. The zero-order valence-corrected chi connectivity index (χ0v) is 14.9. The summed E-state index contributed by atoms with van der Waals surface area (Å²) in [6.45, 7) is 5.91. The summed E-state index contributed by atoms with van der Waals surface area (Å²) in [7, 11) is 0. The highest BCUT2D eigenvalue weighted by Crippen LogP contribution is 2.16. The number of nitrogens with zero attached hydrogens (tertiary/aromatic N) is 1. The molecule has 0 bridgehead atoms. The lowest BCUT2D eigenvalue weighted by Crippen LogP contribution is -2.20. The normalized spacial score (nSPS) is 10.8. The summed E-state index contributed by atoms with van der Waals surface area (Å²) >= 11 is 1.60. The summed E-state index contributed by atoms with van der Waals surface area (Å²) in [6, 6.07) is 9.80. The molecular weight excluding hydrogens is 322 g/mol. The third-order valence-electron chi connectivity index (χ3n) is 3.39. The van der Waals surface area contributed by atoms with Crippen LogP contribution in [0.15, 0.2) is 35.4 Å². The lowest BCUT2D eigenvalue weighted by molar-refractivity contribution is -0.124. The fourth-order valence-electron chi connectivity index (χ4n) is 2.06. The zero-order valence-electron chi connectivity index (χ0n) is 14.1. The molecule has 126 valence electrons. The van der Waals surface area contributed by atoms with Crippen LogP contribution >= 0.6 is 11.3 Å². The van der Waals surface area contributed by atoms with Gasteiger partial charge >= 0.3 is 0 Å². The Morgan fingerprint density at radius 3 is 2.54 bits per heavy atom. The Morgan fingerprint density at radius 1 is 1.08 bits per heavy atom. The van der Waals surface area contributed by atoms with E-state index in [0.29, 0.717) is 0 Å². The van der Waals surface area contributed by atoms with Gasteiger partial charge in [-0.05, 0) is 50.1 Å². The number of aryl methyl sites for hydroxylation is 3. The number of rotatable bonds is 6. The first-order valence-corrected chi connectivity index (χ1v) is 8.51. The summed E-state index contributed by atoms with van der Waals surface area (Å²) in [5.74, 6) is -0.465. The van der Waals surface area contributed by atoms with Gasteiger partial charge in [0.25, 0.3) is 0 Å². The van der Waals surface area contributed by atoms with Crippen LogP contribution in [0.5, 0.6) is 0 Å². The van der Waals surface area contributed by atoms with E-state index in [1.165, 1.54) is 4.88 Å². The van der Waals surface area contributed by atoms with Crippen molar-refractivity contribution < 1.29 is 9.59 Å². The van der Waals surface area contributed by atoms with E-state index in [2.05, 4.69) is 15.8 Å². The number of thiophene rings is 1. The second-order valence-corrected chi connectivity index (χ2v) is 6.93. The Morgan fingerprint density at radius 2 is 1.83 bits per heavy atom. The molecule has 2 aromatic rings. The molecule has 5 nitrogen and oxygen atoms in total. The van der Waals surface area contributed by atoms with Crippen molar-refractivity contribution in [1.29, 1.82) is 0 Å². The molecule has 0 spiro atoms. The molecule has 0 saturated heterocycles. The van der Waals surface area contributed by atoms with E-state index in [1.807, 2.05) is 51.1 Å². The van der Waals surface area contributed by atoms with Gasteiger partial charge in [0.15, 0.2) is 0 Å². The van der Waals surface area contributed by atoms with Gasteiger partial charge in [-0.3, -0.25) is 9.59 Å². The van der Waals surface area contributed by atoms with Crippen LogP contribution in [0.1, 0.15) is 33.7 Å². The Bertz CT molecular complexity index is 765. The molecular formula is C18H21N3O2S. The Hall–Kier alpha value is -2.47. The van der Waals surface area contributed by atoms with Crippen molar-refractivity contribution in [1.82, 2.24) is 5.43 Å². The van der Waals surface area contributed by atoms with Crippen molar-refractivity contribution in [3.63, 3.8) is 0 Å². The second-order valence-electron chi connectivity index (χ2n) is 5.61. The monoisotopic (exact) mass is 343 g/mol. The van der Waals surface area contributed by atoms with E-state index in [4.69, 9.17) is 0 Å². The first-order chi connectivity index (χ1) is 11.4. The molecule has 0 aliphatic rings. The fourth-order valence-corrected chi connectivity index (χ4v) is 2.81. The molecule has 0 saturated carbocycles. The van der Waals surface area contributed by atoms with Crippen molar-refractivity contribution in [2.24, 2.45) is 5.10 Å². The molecule has 0 unspecified atom stereocenters. The highest BCUT2D eigenvalue weighted by atomic mass is 32.1. The maximum Gasteiger partial charge on any atom is 0.240 e. The highest BCUT2D eigenvalue weighted by molar-refractivity contribution is 7.13. The molecule has 0 aliphatic heterocycles. The van der Waals surface area contributed by atoms with Crippen LogP contribution < -0.4 is 10.7 Å². The summed E-state index contributed by atoms with van der Waals surface area (Å²) < 4.78 is 0. The van der Waals surface area contributed by atoms with E-state index in [9.17, 15) is 9.59 Å². The van der Waals surface area contributed by atoms with Crippen LogP contribution in [-0.4, -0.2) is 18.0 Å². The van der Waals surface area contributed by atoms with Crippen LogP contribution in [-0.2, 0) is 9.59 Å². The number of hydrogen-bond donors (Lipinski definition) is 2. The molecule has 1 aromatic carbocycles. The SMILES string of the molecule is Cc1ccc(C)c(NC(=O)CCC(=O)N/N=C/c2ccc(C)s2)c1. The molecule has 2 rings (SSSR count). The maximum atomic E-state index is 12.0. The van der Waals surface area contributed by atoms with Crippen LogP contribution in [0.25, 0.3) is 0 Å². The van der Waals surface area contributed by atoms with Crippen molar-refractivity contribution in [3.05, 3.63) is 51.2 Å². The van der Waals surface area contributed by atoms with Crippen molar-refractivity contribution in [3.8, 4) is 0 Å². The first kappa shape index (κ1) is 17.9. The van der Waals surface area contributed by atoms with Crippen molar-refractivity contribution >= 4 is 35.1 Å². The number of amides is 2. The average Bonchev–Trinajstić information content (AvgIpc) is 2.94.